The highest BCUT2D eigenvalue weighted by molar-refractivity contribution is 6.05. The summed E-state index contributed by atoms with van der Waals surface area (Å²) in [7, 11) is 0. The van der Waals surface area contributed by atoms with Gasteiger partial charge in [0.25, 0.3) is 5.91 Å². The number of amides is 4. The minimum Gasteiger partial charge on any atom is -0.490 e. The average molecular weight is 469 g/mol. The van der Waals surface area contributed by atoms with Crippen molar-refractivity contribution in [3.63, 3.8) is 0 Å². The maximum atomic E-state index is 12.9. The van der Waals surface area contributed by atoms with Crippen molar-refractivity contribution in [2.75, 3.05) is 32.7 Å². The van der Waals surface area contributed by atoms with Crippen LogP contribution >= 0.6 is 0 Å². The van der Waals surface area contributed by atoms with E-state index in [0.717, 1.165) is 76.1 Å². The normalized spacial score (nSPS) is 24.8. The smallest absolute Gasteiger partial charge is 0.255 e. The molecule has 5 rings (SSSR count). The molecule has 34 heavy (non-hydrogen) atoms. The van der Waals surface area contributed by atoms with Crippen LogP contribution in [0.15, 0.2) is 18.2 Å². The zero-order valence-corrected chi connectivity index (χ0v) is 19.4. The Balaban J connectivity index is 1.12. The Kier molecular flexibility index (Phi) is 6.54. The summed E-state index contributed by atoms with van der Waals surface area (Å²) in [6.45, 7) is 5.21. The summed E-state index contributed by atoms with van der Waals surface area (Å²) < 4.78 is 6.27. The van der Waals surface area contributed by atoms with E-state index in [1.165, 1.54) is 0 Å². The lowest BCUT2D eigenvalue weighted by Gasteiger charge is -2.36. The molecule has 4 aliphatic heterocycles. The summed E-state index contributed by atoms with van der Waals surface area (Å²) in [5.41, 5.74) is 1.47. The first kappa shape index (κ1) is 22.8. The van der Waals surface area contributed by atoms with Crippen molar-refractivity contribution < 1.29 is 23.9 Å². The van der Waals surface area contributed by atoms with Crippen LogP contribution in [0.5, 0.6) is 5.75 Å². The number of fused-ring (bicyclic) bond motifs is 1. The Morgan fingerprint density at radius 2 is 1.76 bits per heavy atom. The van der Waals surface area contributed by atoms with Gasteiger partial charge in [0, 0.05) is 51.3 Å². The fourth-order valence-corrected chi connectivity index (χ4v) is 5.63. The Labute approximate surface area is 199 Å². The molecule has 1 aromatic carbocycles. The molecule has 9 nitrogen and oxygen atoms in total. The molecule has 0 radical (unpaired) electrons. The molecule has 4 aliphatic rings. The molecule has 1 atom stereocenters. The van der Waals surface area contributed by atoms with E-state index >= 15 is 0 Å². The molecule has 0 spiro atoms. The van der Waals surface area contributed by atoms with Crippen molar-refractivity contribution in [3.05, 3.63) is 29.3 Å². The van der Waals surface area contributed by atoms with Gasteiger partial charge in [0.2, 0.25) is 18.2 Å². The summed E-state index contributed by atoms with van der Waals surface area (Å²) in [6.07, 6.45) is 5.81. The van der Waals surface area contributed by atoms with E-state index in [1.54, 1.807) is 11.0 Å². The molecular formula is C25H32N4O5. The van der Waals surface area contributed by atoms with Gasteiger partial charge in [-0.3, -0.25) is 24.5 Å². The van der Waals surface area contributed by atoms with Crippen molar-refractivity contribution in [1.29, 1.82) is 0 Å². The number of carbonyl (C=O) groups excluding carboxylic acids is 4. The summed E-state index contributed by atoms with van der Waals surface area (Å²) in [5.74, 6) is 0.584. The van der Waals surface area contributed by atoms with Crippen LogP contribution in [0.25, 0.3) is 0 Å². The minimum atomic E-state index is -0.600. The molecule has 0 bridgehead atoms. The van der Waals surface area contributed by atoms with E-state index < -0.39 is 11.9 Å². The van der Waals surface area contributed by atoms with Crippen LogP contribution in [0.4, 0.5) is 0 Å². The summed E-state index contributed by atoms with van der Waals surface area (Å²) in [4.78, 5) is 53.4. The molecule has 0 aliphatic carbocycles. The predicted molar refractivity (Wildman–Crippen MR) is 123 cm³/mol. The Morgan fingerprint density at radius 1 is 1.00 bits per heavy atom. The second-order valence-electron chi connectivity index (χ2n) is 9.92. The first-order valence-corrected chi connectivity index (χ1v) is 12.4. The molecule has 0 aromatic heterocycles. The quantitative estimate of drug-likeness (QED) is 0.497. The van der Waals surface area contributed by atoms with Gasteiger partial charge in [0.05, 0.1) is 0 Å². The van der Waals surface area contributed by atoms with Crippen molar-refractivity contribution in [1.82, 2.24) is 20.0 Å². The third-order valence-electron chi connectivity index (χ3n) is 7.65. The lowest BCUT2D eigenvalue weighted by atomic mass is 9.95. The number of nitrogens with zero attached hydrogens (tertiary/aromatic N) is 3. The van der Waals surface area contributed by atoms with E-state index in [2.05, 4.69) is 10.2 Å². The Morgan fingerprint density at radius 3 is 2.47 bits per heavy atom. The highest BCUT2D eigenvalue weighted by Gasteiger charge is 2.39. The molecule has 4 heterocycles. The number of nitrogens with one attached hydrogen (secondary N) is 1. The van der Waals surface area contributed by atoms with Crippen molar-refractivity contribution in [3.8, 4) is 5.75 Å². The van der Waals surface area contributed by atoms with Crippen LogP contribution in [-0.2, 0) is 20.9 Å². The summed E-state index contributed by atoms with van der Waals surface area (Å²) in [5, 5.41) is 2.34. The van der Waals surface area contributed by atoms with Gasteiger partial charge in [-0.15, -0.1) is 0 Å². The van der Waals surface area contributed by atoms with Gasteiger partial charge in [-0.1, -0.05) is 0 Å². The number of hydrogen-bond donors (Lipinski definition) is 1. The highest BCUT2D eigenvalue weighted by Crippen LogP contribution is 2.31. The largest absolute Gasteiger partial charge is 0.490 e. The van der Waals surface area contributed by atoms with Crippen molar-refractivity contribution >= 4 is 24.1 Å². The molecule has 1 unspecified atom stereocenters. The number of piperidine rings is 3. The minimum absolute atomic E-state index is 0.148. The van der Waals surface area contributed by atoms with Crippen molar-refractivity contribution in [2.24, 2.45) is 5.92 Å². The fraction of sp³-hybridized carbons (Fsp3) is 0.600. The van der Waals surface area contributed by atoms with Crippen LogP contribution in [0.2, 0.25) is 0 Å². The first-order valence-electron chi connectivity index (χ1n) is 12.4. The van der Waals surface area contributed by atoms with Gasteiger partial charge in [-0.05, 0) is 61.8 Å². The Bertz CT molecular complexity index is 966. The molecular weight excluding hydrogens is 436 g/mol. The predicted octanol–water partition coefficient (Wildman–Crippen LogP) is 1.16. The van der Waals surface area contributed by atoms with Gasteiger partial charge < -0.3 is 19.4 Å². The van der Waals surface area contributed by atoms with E-state index in [1.807, 2.05) is 17.0 Å². The lowest BCUT2D eigenvalue weighted by Crippen LogP contribution is -2.52. The standard InChI is InChI=1S/C25H32N4O5/c30-16-28-9-5-17(6-10-28)14-27-11-7-19(8-12-27)34-20-1-2-21-18(13-20)15-29(25(21)33)22-3-4-23(31)26-24(22)32/h1-2,13,16-17,19,22H,3-12,14-15H2,(H,26,31,32). The van der Waals surface area contributed by atoms with Gasteiger partial charge in [-0.25, -0.2) is 0 Å². The number of likely N-dealkylation sites (tertiary alicyclic amines) is 2. The number of benzene rings is 1. The number of imide groups is 1. The van der Waals surface area contributed by atoms with E-state index in [0.29, 0.717) is 24.4 Å². The number of rotatable bonds is 6. The molecule has 9 heteroatoms. The topological polar surface area (TPSA) is 99.3 Å². The molecule has 4 amide bonds. The summed E-state index contributed by atoms with van der Waals surface area (Å²) in [6, 6.07) is 4.96. The first-order chi connectivity index (χ1) is 16.5. The van der Waals surface area contributed by atoms with Crippen LogP contribution in [0.1, 0.15) is 54.4 Å². The van der Waals surface area contributed by atoms with Gasteiger partial charge in [-0.2, -0.15) is 0 Å². The fourth-order valence-electron chi connectivity index (χ4n) is 5.63. The van der Waals surface area contributed by atoms with Crippen LogP contribution in [0, 0.1) is 5.92 Å². The Hall–Kier alpha value is -2.94. The van der Waals surface area contributed by atoms with Gasteiger partial charge >= 0.3 is 0 Å². The monoisotopic (exact) mass is 468 g/mol. The highest BCUT2D eigenvalue weighted by atomic mass is 16.5. The zero-order chi connectivity index (χ0) is 23.7. The molecule has 0 saturated carbocycles. The van der Waals surface area contributed by atoms with E-state index in [-0.39, 0.29) is 24.3 Å². The molecule has 182 valence electrons. The van der Waals surface area contributed by atoms with Crippen molar-refractivity contribution in [2.45, 2.75) is 57.2 Å². The van der Waals surface area contributed by atoms with E-state index in [9.17, 15) is 19.2 Å². The van der Waals surface area contributed by atoms with Crippen LogP contribution < -0.4 is 10.1 Å². The SMILES string of the molecule is O=CN1CCC(CN2CCC(Oc3ccc4c(c3)CN(C3CCC(=O)NC3=O)C4=O)CC2)CC1. The average Bonchev–Trinajstić information content (AvgIpc) is 3.16. The second-order valence-corrected chi connectivity index (χ2v) is 9.92. The molecule has 1 N–H and O–H groups in total. The maximum Gasteiger partial charge on any atom is 0.255 e. The summed E-state index contributed by atoms with van der Waals surface area (Å²) >= 11 is 0. The van der Waals surface area contributed by atoms with E-state index in [4.69, 9.17) is 4.74 Å². The molecule has 3 saturated heterocycles. The third-order valence-corrected chi connectivity index (χ3v) is 7.65. The van der Waals surface area contributed by atoms with Crippen LogP contribution in [0.3, 0.4) is 0 Å². The van der Waals surface area contributed by atoms with Gasteiger partial charge in [0.1, 0.15) is 17.9 Å². The second kappa shape index (κ2) is 9.74. The molecule has 3 fully saturated rings. The number of hydrogen-bond acceptors (Lipinski definition) is 6. The zero-order valence-electron chi connectivity index (χ0n) is 19.4. The third kappa shape index (κ3) is 4.80. The lowest BCUT2D eigenvalue weighted by molar-refractivity contribution is -0.137. The van der Waals surface area contributed by atoms with Gasteiger partial charge in [0.15, 0.2) is 0 Å². The number of ether oxygens (including phenoxy) is 1. The number of carbonyl (C=O) groups is 4. The molecule has 1 aromatic rings. The van der Waals surface area contributed by atoms with Crippen LogP contribution in [-0.4, -0.2) is 83.7 Å². The maximum absolute atomic E-state index is 12.9.